The number of halogens is 2. The summed E-state index contributed by atoms with van der Waals surface area (Å²) in [6, 6.07) is 4.55. The number of anilines is 1. The second kappa shape index (κ2) is 5.97. The van der Waals surface area contributed by atoms with E-state index >= 15 is 0 Å². The van der Waals surface area contributed by atoms with Crippen LogP contribution in [0, 0.1) is 12.7 Å². The van der Waals surface area contributed by atoms with Crippen LogP contribution in [-0.2, 0) is 0 Å². The van der Waals surface area contributed by atoms with E-state index < -0.39 is 0 Å². The number of hydrogen-bond acceptors (Lipinski definition) is 4. The summed E-state index contributed by atoms with van der Waals surface area (Å²) < 4.78 is 19.4. The predicted molar refractivity (Wildman–Crippen MR) is 75.1 cm³/mol. The second-order valence-electron chi connectivity index (χ2n) is 3.88. The van der Waals surface area contributed by atoms with Crippen LogP contribution in [0.2, 0.25) is 0 Å². The molecule has 0 saturated heterocycles. The van der Waals surface area contributed by atoms with Crippen molar-refractivity contribution in [2.24, 2.45) is 0 Å². The molecule has 0 aliphatic heterocycles. The number of rotatable bonds is 4. The molecule has 0 saturated carbocycles. The Hall–Kier alpha value is -1.69. The van der Waals surface area contributed by atoms with Gasteiger partial charge in [0.1, 0.15) is 28.2 Å². The zero-order valence-electron chi connectivity index (χ0n) is 10.6. The smallest absolute Gasteiger partial charge is 0.238 e. The van der Waals surface area contributed by atoms with E-state index in [-0.39, 0.29) is 5.82 Å². The molecule has 2 rings (SSSR count). The van der Waals surface area contributed by atoms with Gasteiger partial charge in [0.15, 0.2) is 0 Å². The Balaban J connectivity index is 2.27. The van der Waals surface area contributed by atoms with E-state index in [1.54, 1.807) is 19.1 Å². The van der Waals surface area contributed by atoms with Crippen LogP contribution in [0.15, 0.2) is 29.0 Å². The van der Waals surface area contributed by atoms with Crippen LogP contribution in [-0.4, -0.2) is 16.5 Å². The minimum atomic E-state index is -0.262. The first-order valence-corrected chi connectivity index (χ1v) is 6.59. The van der Waals surface area contributed by atoms with Crippen LogP contribution >= 0.6 is 15.9 Å². The van der Waals surface area contributed by atoms with E-state index in [1.807, 2.05) is 6.92 Å². The molecule has 0 aliphatic rings. The zero-order valence-corrected chi connectivity index (χ0v) is 12.2. The number of ether oxygens (including phenoxy) is 1. The molecular weight excluding hydrogens is 313 g/mol. The summed E-state index contributed by atoms with van der Waals surface area (Å²) >= 11 is 3.39. The van der Waals surface area contributed by atoms with E-state index in [1.165, 1.54) is 12.4 Å². The van der Waals surface area contributed by atoms with E-state index in [0.717, 1.165) is 6.54 Å². The van der Waals surface area contributed by atoms with Gasteiger partial charge >= 0.3 is 0 Å². The molecule has 1 N–H and O–H groups in total. The Morgan fingerprint density at radius 2 is 2.16 bits per heavy atom. The quantitative estimate of drug-likeness (QED) is 0.925. The fourth-order valence-electron chi connectivity index (χ4n) is 1.51. The Bertz CT molecular complexity index is 592. The van der Waals surface area contributed by atoms with Gasteiger partial charge in [0, 0.05) is 6.54 Å². The number of nitrogens with one attached hydrogen (secondary N) is 1. The highest BCUT2D eigenvalue weighted by molar-refractivity contribution is 9.10. The lowest BCUT2D eigenvalue weighted by atomic mass is 10.2. The van der Waals surface area contributed by atoms with Crippen LogP contribution in [0.5, 0.6) is 11.6 Å². The average molecular weight is 326 g/mol. The third kappa shape index (κ3) is 3.20. The maximum Gasteiger partial charge on any atom is 0.238 e. The molecule has 1 aromatic carbocycles. The highest BCUT2D eigenvalue weighted by Crippen LogP contribution is 2.32. The van der Waals surface area contributed by atoms with Crippen molar-refractivity contribution >= 4 is 21.7 Å². The maximum absolute atomic E-state index is 13.2. The zero-order chi connectivity index (χ0) is 13.8. The van der Waals surface area contributed by atoms with Crippen LogP contribution in [0.1, 0.15) is 12.5 Å². The number of aromatic nitrogens is 2. The molecule has 6 heteroatoms. The molecule has 0 fully saturated rings. The first-order valence-electron chi connectivity index (χ1n) is 5.80. The Morgan fingerprint density at radius 3 is 2.84 bits per heavy atom. The van der Waals surface area contributed by atoms with Crippen LogP contribution in [0.25, 0.3) is 0 Å². The fraction of sp³-hybridized carbons (Fsp3) is 0.231. The minimum absolute atomic E-state index is 0.262. The second-order valence-corrected chi connectivity index (χ2v) is 4.68. The van der Waals surface area contributed by atoms with Gasteiger partial charge in [-0.25, -0.2) is 14.4 Å². The molecule has 0 atom stereocenters. The van der Waals surface area contributed by atoms with Gasteiger partial charge < -0.3 is 10.1 Å². The molecule has 0 aliphatic carbocycles. The number of hydrogen-bond donors (Lipinski definition) is 1. The summed E-state index contributed by atoms with van der Waals surface area (Å²) in [7, 11) is 0. The van der Waals surface area contributed by atoms with Crippen molar-refractivity contribution in [2.45, 2.75) is 13.8 Å². The van der Waals surface area contributed by atoms with E-state index in [9.17, 15) is 4.39 Å². The predicted octanol–water partition coefficient (Wildman–Crippen LogP) is 3.91. The number of aryl methyl sites for hydroxylation is 1. The molecular formula is C13H13BrFN3O. The molecule has 0 bridgehead atoms. The van der Waals surface area contributed by atoms with Crippen molar-refractivity contribution in [3.8, 4) is 11.6 Å². The summed E-state index contributed by atoms with van der Waals surface area (Å²) in [5.41, 5.74) is 0.523. The van der Waals surface area contributed by atoms with Gasteiger partial charge in [0.05, 0.1) is 0 Å². The first-order chi connectivity index (χ1) is 9.11. The summed E-state index contributed by atoms with van der Waals surface area (Å²) in [4.78, 5) is 8.15. The van der Waals surface area contributed by atoms with Crippen molar-refractivity contribution in [3.05, 3.63) is 40.4 Å². The Morgan fingerprint density at radius 1 is 1.37 bits per heavy atom. The monoisotopic (exact) mass is 325 g/mol. The lowest BCUT2D eigenvalue weighted by Gasteiger charge is -2.10. The van der Waals surface area contributed by atoms with E-state index in [4.69, 9.17) is 4.74 Å². The van der Waals surface area contributed by atoms with Gasteiger partial charge in [-0.15, -0.1) is 0 Å². The van der Waals surface area contributed by atoms with Gasteiger partial charge in [-0.05, 0) is 53.5 Å². The fourth-order valence-corrected chi connectivity index (χ4v) is 1.93. The van der Waals surface area contributed by atoms with E-state index in [2.05, 4.69) is 31.2 Å². The third-order valence-corrected chi connectivity index (χ3v) is 3.16. The van der Waals surface area contributed by atoms with Gasteiger partial charge in [-0.1, -0.05) is 0 Å². The summed E-state index contributed by atoms with van der Waals surface area (Å²) in [6.07, 6.45) is 1.41. The normalized spacial score (nSPS) is 10.3. The lowest BCUT2D eigenvalue weighted by molar-refractivity contribution is 0.456. The lowest BCUT2D eigenvalue weighted by Crippen LogP contribution is -2.02. The third-order valence-electron chi connectivity index (χ3n) is 2.45. The van der Waals surface area contributed by atoms with E-state index in [0.29, 0.717) is 27.5 Å². The number of benzene rings is 1. The van der Waals surface area contributed by atoms with Gasteiger partial charge in [-0.2, -0.15) is 0 Å². The summed E-state index contributed by atoms with van der Waals surface area (Å²) in [5, 5.41) is 3.08. The van der Waals surface area contributed by atoms with Crippen LogP contribution in [0.3, 0.4) is 0 Å². The topological polar surface area (TPSA) is 47.0 Å². The molecule has 0 radical (unpaired) electrons. The highest BCUT2D eigenvalue weighted by atomic mass is 79.9. The molecule has 2 aromatic rings. The maximum atomic E-state index is 13.2. The molecule has 100 valence electrons. The molecule has 0 unspecified atom stereocenters. The molecule has 0 spiro atoms. The van der Waals surface area contributed by atoms with Gasteiger partial charge in [-0.3, -0.25) is 0 Å². The van der Waals surface area contributed by atoms with Crippen molar-refractivity contribution in [3.63, 3.8) is 0 Å². The molecule has 4 nitrogen and oxygen atoms in total. The van der Waals surface area contributed by atoms with Crippen LogP contribution < -0.4 is 10.1 Å². The van der Waals surface area contributed by atoms with Crippen molar-refractivity contribution in [2.75, 3.05) is 11.9 Å². The molecule has 1 aromatic heterocycles. The van der Waals surface area contributed by atoms with Crippen molar-refractivity contribution in [1.29, 1.82) is 0 Å². The Kier molecular flexibility index (Phi) is 4.31. The largest absolute Gasteiger partial charge is 0.438 e. The summed E-state index contributed by atoms with van der Waals surface area (Å²) in [5.74, 6) is 1.31. The van der Waals surface area contributed by atoms with Gasteiger partial charge in [0.2, 0.25) is 5.88 Å². The first kappa shape index (κ1) is 13.7. The molecule has 1 heterocycles. The van der Waals surface area contributed by atoms with Crippen molar-refractivity contribution < 1.29 is 9.13 Å². The number of nitrogens with zero attached hydrogens (tertiary/aromatic N) is 2. The van der Waals surface area contributed by atoms with Crippen molar-refractivity contribution in [1.82, 2.24) is 9.97 Å². The summed E-state index contributed by atoms with van der Waals surface area (Å²) in [6.45, 7) is 4.39. The highest BCUT2D eigenvalue weighted by Gasteiger charge is 2.10. The SMILES string of the molecule is CCNc1ncnc(Oc2ccc(F)c(C)c2)c1Br. The molecule has 0 amide bonds. The molecule has 19 heavy (non-hydrogen) atoms. The Labute approximate surface area is 119 Å². The average Bonchev–Trinajstić information content (AvgIpc) is 2.39. The van der Waals surface area contributed by atoms with Gasteiger partial charge in [0.25, 0.3) is 0 Å². The minimum Gasteiger partial charge on any atom is -0.438 e. The standard InChI is InChI=1S/C13H13BrFN3O/c1-3-16-12-11(14)13(18-7-17-12)19-9-4-5-10(15)8(2)6-9/h4-7H,3H2,1-2H3,(H,16,17,18). The van der Waals surface area contributed by atoms with Crippen LogP contribution in [0.4, 0.5) is 10.2 Å².